The number of hydrogen-bond acceptors (Lipinski definition) is 0. The third-order valence-electron chi connectivity index (χ3n) is 4.46. The van der Waals surface area contributed by atoms with Crippen molar-refractivity contribution < 1.29 is 0 Å². The second-order valence-corrected chi connectivity index (χ2v) is 9.04. The molecule has 0 fully saturated rings. The van der Waals surface area contributed by atoms with Crippen LogP contribution in [0.2, 0.25) is 5.02 Å². The summed E-state index contributed by atoms with van der Waals surface area (Å²) in [5.41, 5.74) is 2.49. The lowest BCUT2D eigenvalue weighted by Crippen LogP contribution is -2.52. The van der Waals surface area contributed by atoms with Crippen molar-refractivity contribution in [1.29, 1.82) is 0 Å². The summed E-state index contributed by atoms with van der Waals surface area (Å²) in [6.07, 6.45) is 0. The Kier molecular flexibility index (Phi) is 5.01. The third-order valence-corrected chi connectivity index (χ3v) is 7.47. The van der Waals surface area contributed by atoms with Crippen LogP contribution in [0.4, 0.5) is 0 Å². The fraction of sp³-hybridized carbons (Fsp3) is 0. The number of halogens is 1. The minimum absolute atomic E-state index is 0.786. The highest BCUT2D eigenvalue weighted by atomic mass is 35.5. The van der Waals surface area contributed by atoms with Crippen molar-refractivity contribution in [2.75, 3.05) is 0 Å². The number of benzene rings is 4. The molecule has 0 bridgehead atoms. The highest BCUT2D eigenvalue weighted by Gasteiger charge is 2.23. The smallest absolute Gasteiger partial charge is 0.0843 e. The van der Waals surface area contributed by atoms with Crippen molar-refractivity contribution in [1.82, 2.24) is 0 Å². The summed E-state index contributed by atoms with van der Waals surface area (Å²) in [6, 6.07) is 38.4. The van der Waals surface area contributed by atoms with Crippen molar-refractivity contribution in [2.24, 2.45) is 0 Å². The average molecular weight is 370 g/mol. The van der Waals surface area contributed by atoms with Gasteiger partial charge in [0.1, 0.15) is 0 Å². The quantitative estimate of drug-likeness (QED) is 0.366. The lowest BCUT2D eigenvalue weighted by atomic mass is 10.1. The number of rotatable bonds is 4. The van der Waals surface area contributed by atoms with Crippen LogP contribution in [0.5, 0.6) is 0 Å². The van der Waals surface area contributed by atoms with E-state index in [2.05, 4.69) is 103 Å². The lowest BCUT2D eigenvalue weighted by molar-refractivity contribution is 1.64. The van der Waals surface area contributed by atoms with Crippen molar-refractivity contribution >= 4 is 36.0 Å². The molecule has 0 unspecified atom stereocenters. The van der Waals surface area contributed by atoms with Crippen LogP contribution < -0.4 is 15.6 Å². The minimum Gasteiger partial charge on any atom is -0.0843 e. The predicted molar refractivity (Wildman–Crippen MR) is 114 cm³/mol. The maximum absolute atomic E-state index is 6.44. The maximum Gasteiger partial charge on any atom is 0.155 e. The molecule has 0 saturated carbocycles. The van der Waals surface area contributed by atoms with Gasteiger partial charge in [0.25, 0.3) is 0 Å². The summed E-state index contributed by atoms with van der Waals surface area (Å²) in [5, 5.41) is 4.84. The molecule has 125 valence electrons. The van der Waals surface area contributed by atoms with Gasteiger partial charge in [0, 0.05) is 5.02 Å². The van der Waals surface area contributed by atoms with E-state index >= 15 is 0 Å². The normalized spacial score (nSPS) is 10.8. The topological polar surface area (TPSA) is 0 Å². The van der Waals surface area contributed by atoms with Gasteiger partial charge in [-0.15, -0.1) is 0 Å². The largest absolute Gasteiger partial charge is 0.155 e. The zero-order valence-corrected chi connectivity index (χ0v) is 16.0. The summed E-state index contributed by atoms with van der Waals surface area (Å²) >= 11 is 6.44. The zero-order valence-electron chi connectivity index (χ0n) is 14.3. The molecule has 0 amide bonds. The molecule has 0 N–H and O–H groups in total. The summed E-state index contributed by atoms with van der Waals surface area (Å²) in [5.74, 6) is 0. The van der Waals surface area contributed by atoms with Crippen molar-refractivity contribution in [3.63, 3.8) is 0 Å². The van der Waals surface area contributed by atoms with E-state index < -0.39 is 8.80 Å². The standard InChI is InChI=1S/C24H18ClSi/c25-20-16-17-23(19-10-4-1-5-11-19)24(18-20)26(21-12-6-2-7-13-21)22-14-8-3-9-15-22/h1-18H. The highest BCUT2D eigenvalue weighted by molar-refractivity contribution is 6.96. The lowest BCUT2D eigenvalue weighted by Gasteiger charge is -2.20. The van der Waals surface area contributed by atoms with Crippen LogP contribution in [0, 0.1) is 0 Å². The summed E-state index contributed by atoms with van der Waals surface area (Å²) in [6.45, 7) is 0. The molecule has 0 saturated heterocycles. The SMILES string of the molecule is Clc1ccc(-c2ccccc2)c([Si](c2ccccc2)c2ccccc2)c1. The summed E-state index contributed by atoms with van der Waals surface area (Å²) < 4.78 is 0. The molecule has 4 aromatic rings. The Labute approximate surface area is 161 Å². The molecule has 1 radical (unpaired) electrons. The molecule has 0 aliphatic rings. The molecule has 26 heavy (non-hydrogen) atoms. The van der Waals surface area contributed by atoms with Crippen LogP contribution in [0.15, 0.2) is 109 Å². The Balaban J connectivity index is 1.96. The number of hydrogen-bond donors (Lipinski definition) is 0. The van der Waals surface area contributed by atoms with E-state index in [4.69, 9.17) is 11.6 Å². The first-order valence-corrected chi connectivity index (χ1v) is 10.5. The Morgan fingerprint density at radius 2 is 1.04 bits per heavy atom. The maximum atomic E-state index is 6.44. The van der Waals surface area contributed by atoms with E-state index in [-0.39, 0.29) is 0 Å². The molecule has 4 rings (SSSR count). The van der Waals surface area contributed by atoms with Gasteiger partial charge in [-0.05, 0) is 28.4 Å². The van der Waals surface area contributed by atoms with Crippen molar-refractivity contribution in [3.8, 4) is 11.1 Å². The van der Waals surface area contributed by atoms with Crippen LogP contribution in [0.1, 0.15) is 0 Å². The Hall–Kier alpha value is -2.61. The van der Waals surface area contributed by atoms with Gasteiger partial charge in [0.15, 0.2) is 8.80 Å². The summed E-state index contributed by atoms with van der Waals surface area (Å²) in [4.78, 5) is 0. The van der Waals surface area contributed by atoms with Crippen molar-refractivity contribution in [3.05, 3.63) is 114 Å². The van der Waals surface area contributed by atoms with Gasteiger partial charge in [-0.25, -0.2) is 0 Å². The van der Waals surface area contributed by atoms with Gasteiger partial charge in [0.2, 0.25) is 0 Å². The molecular weight excluding hydrogens is 352 g/mol. The van der Waals surface area contributed by atoms with Crippen LogP contribution in [-0.2, 0) is 0 Å². The Bertz CT molecular complexity index is 943. The Morgan fingerprint density at radius 1 is 0.538 bits per heavy atom. The predicted octanol–water partition coefficient (Wildman–Crippen LogP) is 4.52. The van der Waals surface area contributed by atoms with Gasteiger partial charge in [-0.3, -0.25) is 0 Å². The Morgan fingerprint density at radius 3 is 1.58 bits per heavy atom. The zero-order chi connectivity index (χ0) is 17.8. The van der Waals surface area contributed by atoms with Gasteiger partial charge in [-0.1, -0.05) is 119 Å². The van der Waals surface area contributed by atoms with E-state index in [9.17, 15) is 0 Å². The fourth-order valence-electron chi connectivity index (χ4n) is 3.28. The van der Waals surface area contributed by atoms with Crippen LogP contribution >= 0.6 is 11.6 Å². The molecule has 0 heterocycles. The van der Waals surface area contributed by atoms with Crippen LogP contribution in [-0.4, -0.2) is 8.80 Å². The second-order valence-electron chi connectivity index (χ2n) is 6.16. The highest BCUT2D eigenvalue weighted by Crippen LogP contribution is 2.20. The van der Waals surface area contributed by atoms with E-state index in [1.807, 2.05) is 6.07 Å². The van der Waals surface area contributed by atoms with Gasteiger partial charge in [-0.2, -0.15) is 0 Å². The molecule has 0 atom stereocenters. The molecule has 0 nitrogen and oxygen atoms in total. The average Bonchev–Trinajstić information content (AvgIpc) is 2.71. The van der Waals surface area contributed by atoms with Crippen molar-refractivity contribution in [2.45, 2.75) is 0 Å². The van der Waals surface area contributed by atoms with E-state index in [1.165, 1.54) is 26.7 Å². The first kappa shape index (κ1) is 16.8. The van der Waals surface area contributed by atoms with E-state index in [0.717, 1.165) is 5.02 Å². The fourth-order valence-corrected chi connectivity index (χ4v) is 6.35. The molecular formula is C24H18ClSi. The molecule has 4 aromatic carbocycles. The van der Waals surface area contributed by atoms with E-state index in [1.54, 1.807) is 0 Å². The molecule has 0 aromatic heterocycles. The third kappa shape index (κ3) is 3.50. The monoisotopic (exact) mass is 369 g/mol. The second kappa shape index (κ2) is 7.73. The van der Waals surface area contributed by atoms with Crippen LogP contribution in [0.3, 0.4) is 0 Å². The summed E-state index contributed by atoms with van der Waals surface area (Å²) in [7, 11) is -1.16. The molecule has 0 aliphatic heterocycles. The van der Waals surface area contributed by atoms with Gasteiger partial charge < -0.3 is 0 Å². The molecule has 0 spiro atoms. The van der Waals surface area contributed by atoms with Crippen LogP contribution in [0.25, 0.3) is 11.1 Å². The van der Waals surface area contributed by atoms with E-state index in [0.29, 0.717) is 0 Å². The molecule has 0 aliphatic carbocycles. The first-order chi connectivity index (χ1) is 12.8. The van der Waals surface area contributed by atoms with Gasteiger partial charge >= 0.3 is 0 Å². The van der Waals surface area contributed by atoms with Gasteiger partial charge in [0.05, 0.1) is 0 Å². The molecule has 2 heteroatoms. The first-order valence-electron chi connectivity index (χ1n) is 8.66. The minimum atomic E-state index is -1.16.